The summed E-state index contributed by atoms with van der Waals surface area (Å²) >= 11 is 0. The second-order valence-corrected chi connectivity index (χ2v) is 10.8. The minimum Gasteiger partial charge on any atom is -0.489 e. The Balaban J connectivity index is 1.02. The van der Waals surface area contributed by atoms with Gasteiger partial charge < -0.3 is 14.5 Å². The quantitative estimate of drug-likeness (QED) is 0.437. The highest BCUT2D eigenvalue weighted by Gasteiger charge is 2.40. The highest BCUT2D eigenvalue weighted by molar-refractivity contribution is 6.05. The second-order valence-electron chi connectivity index (χ2n) is 10.8. The van der Waals surface area contributed by atoms with Crippen molar-refractivity contribution >= 4 is 23.4 Å². The van der Waals surface area contributed by atoms with Crippen molar-refractivity contribution in [3.05, 3.63) is 94.3 Å². The molecule has 3 aliphatic rings. The lowest BCUT2D eigenvalue weighted by molar-refractivity contribution is -0.136. The Hall–Kier alpha value is -4.75. The van der Waals surface area contributed by atoms with Gasteiger partial charge in [-0.2, -0.15) is 5.26 Å². The van der Waals surface area contributed by atoms with Crippen molar-refractivity contribution in [3.63, 3.8) is 0 Å². The van der Waals surface area contributed by atoms with E-state index in [1.54, 1.807) is 24.3 Å². The number of benzene rings is 3. The number of hydrogen-bond donors (Lipinski definition) is 1. The monoisotopic (exact) mass is 567 g/mol. The molecule has 0 saturated carbocycles. The summed E-state index contributed by atoms with van der Waals surface area (Å²) < 4.78 is 20.6. The molecule has 3 aromatic carbocycles. The number of ether oxygens (including phenoxy) is 1. The third-order valence-electron chi connectivity index (χ3n) is 8.15. The van der Waals surface area contributed by atoms with Gasteiger partial charge in [0, 0.05) is 50.3 Å². The Morgan fingerprint density at radius 3 is 2.45 bits per heavy atom. The first-order valence-electron chi connectivity index (χ1n) is 14.0. The van der Waals surface area contributed by atoms with E-state index in [4.69, 9.17) is 10.00 Å². The molecule has 2 fully saturated rings. The van der Waals surface area contributed by atoms with Gasteiger partial charge in [-0.15, -0.1) is 0 Å². The van der Waals surface area contributed by atoms with Crippen molar-refractivity contribution < 1.29 is 23.5 Å². The SMILES string of the molecule is N#Cc1ccc(N2CCN(Cc3ccc(COc4cccc5c4CN([C@H]4CCC(=O)NC4=O)C5=O)cc3)CC2)c(F)c1. The summed E-state index contributed by atoms with van der Waals surface area (Å²) in [5, 5.41) is 11.3. The van der Waals surface area contributed by atoms with Crippen LogP contribution in [0.4, 0.5) is 10.1 Å². The standard InChI is InChI=1S/C32H30FN5O4/c33-26-16-23(17-34)8-9-27(26)37-14-12-36(13-15-37)18-21-4-6-22(7-5-21)20-42-29-3-1-2-24-25(29)19-38(32(24)41)28-10-11-30(39)35-31(28)40/h1-9,16,28H,10-15,18-20H2,(H,35,39,40)/t28-/m0/s1. The molecule has 1 atom stereocenters. The molecule has 0 radical (unpaired) electrons. The van der Waals surface area contributed by atoms with Gasteiger partial charge in [0.05, 0.1) is 23.9 Å². The molecule has 3 aliphatic heterocycles. The van der Waals surface area contributed by atoms with Crippen LogP contribution in [0.5, 0.6) is 5.75 Å². The van der Waals surface area contributed by atoms with Gasteiger partial charge in [0.15, 0.2) is 0 Å². The summed E-state index contributed by atoms with van der Waals surface area (Å²) in [6.07, 6.45) is 0.531. The number of nitrogens with zero attached hydrogens (tertiary/aromatic N) is 4. The molecule has 9 nitrogen and oxygen atoms in total. The van der Waals surface area contributed by atoms with Gasteiger partial charge >= 0.3 is 0 Å². The van der Waals surface area contributed by atoms with E-state index >= 15 is 0 Å². The molecule has 2 saturated heterocycles. The number of nitrogens with one attached hydrogen (secondary N) is 1. The number of piperidine rings is 1. The van der Waals surface area contributed by atoms with Crippen molar-refractivity contribution in [1.29, 1.82) is 5.26 Å². The third kappa shape index (κ3) is 5.56. The van der Waals surface area contributed by atoms with Crippen LogP contribution in [-0.4, -0.2) is 59.7 Å². The van der Waals surface area contributed by atoms with Crippen molar-refractivity contribution in [2.75, 3.05) is 31.1 Å². The fourth-order valence-corrected chi connectivity index (χ4v) is 5.83. The maximum atomic E-state index is 14.4. The van der Waals surface area contributed by atoms with Gasteiger partial charge in [0.1, 0.15) is 24.2 Å². The molecule has 6 rings (SSSR count). The van der Waals surface area contributed by atoms with Crippen LogP contribution < -0.4 is 15.0 Å². The van der Waals surface area contributed by atoms with E-state index in [1.807, 2.05) is 29.2 Å². The molecule has 3 heterocycles. The zero-order chi connectivity index (χ0) is 29.2. The van der Waals surface area contributed by atoms with E-state index in [0.29, 0.717) is 48.7 Å². The molecular formula is C32H30FN5O4. The Kier molecular flexibility index (Phi) is 7.59. The van der Waals surface area contributed by atoms with Crippen LogP contribution in [0, 0.1) is 17.1 Å². The first-order chi connectivity index (χ1) is 20.4. The molecule has 10 heteroatoms. The second kappa shape index (κ2) is 11.6. The molecule has 0 bridgehead atoms. The molecule has 3 amide bonds. The molecule has 0 spiro atoms. The van der Waals surface area contributed by atoms with E-state index in [-0.39, 0.29) is 30.6 Å². The van der Waals surface area contributed by atoms with Crippen LogP contribution in [0.15, 0.2) is 60.7 Å². The van der Waals surface area contributed by atoms with E-state index in [1.165, 1.54) is 16.5 Å². The van der Waals surface area contributed by atoms with Crippen LogP contribution >= 0.6 is 0 Å². The number of carbonyl (C=O) groups is 3. The molecule has 0 aliphatic carbocycles. The third-order valence-corrected chi connectivity index (χ3v) is 8.15. The number of fused-ring (bicyclic) bond motifs is 1. The first-order valence-corrected chi connectivity index (χ1v) is 14.0. The molecule has 214 valence electrons. The normalized spacial score (nSPS) is 19.0. The zero-order valence-corrected chi connectivity index (χ0v) is 23.0. The molecule has 42 heavy (non-hydrogen) atoms. The van der Waals surface area contributed by atoms with Crippen LogP contribution in [0.2, 0.25) is 0 Å². The highest BCUT2D eigenvalue weighted by Crippen LogP contribution is 2.34. The minimum absolute atomic E-state index is 0.213. The number of hydrogen-bond acceptors (Lipinski definition) is 7. The van der Waals surface area contributed by atoms with Gasteiger partial charge in [0.25, 0.3) is 5.91 Å². The van der Waals surface area contributed by atoms with E-state index in [2.05, 4.69) is 22.3 Å². The summed E-state index contributed by atoms with van der Waals surface area (Å²) in [6, 6.07) is 19.5. The van der Waals surface area contributed by atoms with Crippen molar-refractivity contribution in [3.8, 4) is 11.8 Å². The molecule has 1 N–H and O–H groups in total. The maximum absolute atomic E-state index is 14.4. The molecular weight excluding hydrogens is 537 g/mol. The van der Waals surface area contributed by atoms with Gasteiger partial charge in [-0.05, 0) is 47.9 Å². The Morgan fingerprint density at radius 2 is 1.74 bits per heavy atom. The predicted octanol–water partition coefficient (Wildman–Crippen LogP) is 3.36. The Morgan fingerprint density at radius 1 is 0.976 bits per heavy atom. The number of amides is 3. The van der Waals surface area contributed by atoms with E-state index in [0.717, 1.165) is 30.8 Å². The summed E-state index contributed by atoms with van der Waals surface area (Å²) in [5.74, 6) is -0.723. The Labute approximate surface area is 243 Å². The first kappa shape index (κ1) is 27.4. The number of rotatable bonds is 7. The zero-order valence-electron chi connectivity index (χ0n) is 23.0. The van der Waals surface area contributed by atoms with Crippen molar-refractivity contribution in [2.24, 2.45) is 0 Å². The summed E-state index contributed by atoms with van der Waals surface area (Å²) in [4.78, 5) is 42.8. The highest BCUT2D eigenvalue weighted by atomic mass is 19.1. The average molecular weight is 568 g/mol. The minimum atomic E-state index is -0.664. The fourth-order valence-electron chi connectivity index (χ4n) is 5.83. The number of nitriles is 1. The van der Waals surface area contributed by atoms with Gasteiger partial charge in [-0.25, -0.2) is 4.39 Å². The largest absolute Gasteiger partial charge is 0.489 e. The van der Waals surface area contributed by atoms with E-state index in [9.17, 15) is 18.8 Å². The van der Waals surface area contributed by atoms with Crippen molar-refractivity contribution in [2.45, 2.75) is 38.6 Å². The number of halogens is 1. The molecule has 3 aromatic rings. The van der Waals surface area contributed by atoms with Crippen LogP contribution in [0.3, 0.4) is 0 Å². The summed E-state index contributed by atoms with van der Waals surface area (Å²) in [7, 11) is 0. The number of imide groups is 1. The predicted molar refractivity (Wildman–Crippen MR) is 152 cm³/mol. The maximum Gasteiger partial charge on any atom is 0.255 e. The van der Waals surface area contributed by atoms with Crippen LogP contribution in [0.1, 0.15) is 45.5 Å². The van der Waals surface area contributed by atoms with Gasteiger partial charge in [0.2, 0.25) is 11.8 Å². The number of piperazine rings is 1. The van der Waals surface area contributed by atoms with Crippen LogP contribution in [-0.2, 0) is 29.3 Å². The Bertz CT molecular complexity index is 1580. The lowest BCUT2D eigenvalue weighted by atomic mass is 10.0. The topological polar surface area (TPSA) is 106 Å². The number of anilines is 1. The van der Waals surface area contributed by atoms with Crippen LogP contribution in [0.25, 0.3) is 0 Å². The number of carbonyl (C=O) groups excluding carboxylic acids is 3. The molecule has 0 aromatic heterocycles. The smallest absolute Gasteiger partial charge is 0.255 e. The summed E-state index contributed by atoms with van der Waals surface area (Å²) in [6.45, 7) is 4.41. The lowest BCUT2D eigenvalue weighted by Gasteiger charge is -2.36. The van der Waals surface area contributed by atoms with Gasteiger partial charge in [-0.1, -0.05) is 30.3 Å². The average Bonchev–Trinajstić information content (AvgIpc) is 3.33. The fraction of sp³-hybridized carbons (Fsp3) is 0.312. The van der Waals surface area contributed by atoms with Crippen molar-refractivity contribution in [1.82, 2.24) is 15.1 Å². The van der Waals surface area contributed by atoms with Gasteiger partial charge in [-0.3, -0.25) is 24.6 Å². The lowest BCUT2D eigenvalue weighted by Crippen LogP contribution is -2.52. The summed E-state index contributed by atoms with van der Waals surface area (Å²) in [5.41, 5.74) is 4.29. The molecule has 0 unspecified atom stereocenters. The van der Waals surface area contributed by atoms with E-state index < -0.39 is 11.9 Å².